The highest BCUT2D eigenvalue weighted by Crippen LogP contribution is 2.22. The molecule has 0 aliphatic heterocycles. The summed E-state index contributed by atoms with van der Waals surface area (Å²) >= 11 is 0. The van der Waals surface area contributed by atoms with Gasteiger partial charge in [0.1, 0.15) is 0 Å². The first-order valence-corrected chi connectivity index (χ1v) is 8.85. The van der Waals surface area contributed by atoms with Gasteiger partial charge in [0.15, 0.2) is 0 Å². The molecular formula is C22H20N4O. The van der Waals surface area contributed by atoms with Crippen molar-refractivity contribution < 1.29 is 4.79 Å². The smallest absolute Gasteiger partial charge is 0.255 e. The molecular weight excluding hydrogens is 336 g/mol. The zero-order valence-corrected chi connectivity index (χ0v) is 15.3. The average Bonchev–Trinajstić information content (AvgIpc) is 2.99. The number of rotatable bonds is 4. The van der Waals surface area contributed by atoms with Gasteiger partial charge in [-0.1, -0.05) is 18.2 Å². The van der Waals surface area contributed by atoms with E-state index in [0.29, 0.717) is 12.1 Å². The molecule has 0 atom stereocenters. The molecule has 2 aromatic heterocycles. The molecule has 0 fully saturated rings. The van der Waals surface area contributed by atoms with E-state index in [9.17, 15) is 4.79 Å². The van der Waals surface area contributed by atoms with Crippen LogP contribution < -0.4 is 5.32 Å². The second-order valence-electron chi connectivity index (χ2n) is 6.61. The lowest BCUT2D eigenvalue weighted by Crippen LogP contribution is -2.13. The number of fused-ring (bicyclic) bond motifs is 1. The molecule has 27 heavy (non-hydrogen) atoms. The summed E-state index contributed by atoms with van der Waals surface area (Å²) in [6.45, 7) is 4.65. The van der Waals surface area contributed by atoms with E-state index in [4.69, 9.17) is 0 Å². The molecule has 4 rings (SSSR count). The van der Waals surface area contributed by atoms with Crippen molar-refractivity contribution in [3.63, 3.8) is 0 Å². The fourth-order valence-electron chi connectivity index (χ4n) is 3.23. The number of carbonyl (C=O) groups excluding carboxylic acids is 1. The molecule has 4 aromatic rings. The number of aromatic nitrogens is 3. The topological polar surface area (TPSA) is 59.8 Å². The van der Waals surface area contributed by atoms with Crippen LogP contribution in [0.1, 0.15) is 27.3 Å². The number of nitrogens with zero attached hydrogens (tertiary/aromatic N) is 3. The first-order valence-electron chi connectivity index (χ1n) is 8.85. The maximum absolute atomic E-state index is 12.8. The Hall–Kier alpha value is -3.47. The van der Waals surface area contributed by atoms with Gasteiger partial charge in [0.05, 0.1) is 23.4 Å². The van der Waals surface area contributed by atoms with Crippen molar-refractivity contribution in [2.75, 3.05) is 5.32 Å². The molecule has 0 saturated carbocycles. The van der Waals surface area contributed by atoms with Crippen molar-refractivity contribution in [1.82, 2.24) is 14.8 Å². The maximum atomic E-state index is 12.8. The largest absolute Gasteiger partial charge is 0.321 e. The van der Waals surface area contributed by atoms with Crippen LogP contribution in [0.4, 0.5) is 5.69 Å². The molecule has 5 nitrogen and oxygen atoms in total. The Morgan fingerprint density at radius 1 is 1.04 bits per heavy atom. The molecule has 0 radical (unpaired) electrons. The minimum absolute atomic E-state index is 0.137. The second-order valence-corrected chi connectivity index (χ2v) is 6.61. The Kier molecular flexibility index (Phi) is 4.42. The Labute approximate surface area is 157 Å². The zero-order valence-electron chi connectivity index (χ0n) is 15.3. The van der Waals surface area contributed by atoms with Gasteiger partial charge in [0, 0.05) is 22.8 Å². The number of pyridine rings is 1. The van der Waals surface area contributed by atoms with Gasteiger partial charge in [0.25, 0.3) is 5.91 Å². The summed E-state index contributed by atoms with van der Waals surface area (Å²) < 4.78 is 1.95. The molecule has 2 aromatic carbocycles. The van der Waals surface area contributed by atoms with Gasteiger partial charge in [-0.05, 0) is 61.9 Å². The molecule has 0 aliphatic carbocycles. The highest BCUT2D eigenvalue weighted by atomic mass is 16.1. The summed E-state index contributed by atoms with van der Waals surface area (Å²) in [5, 5.41) is 8.42. The van der Waals surface area contributed by atoms with Gasteiger partial charge in [-0.25, -0.2) is 0 Å². The van der Waals surface area contributed by atoms with Gasteiger partial charge in [0.2, 0.25) is 0 Å². The van der Waals surface area contributed by atoms with Crippen molar-refractivity contribution in [3.05, 3.63) is 89.4 Å². The van der Waals surface area contributed by atoms with E-state index in [1.54, 1.807) is 6.20 Å². The lowest BCUT2D eigenvalue weighted by molar-refractivity contribution is 0.102. The maximum Gasteiger partial charge on any atom is 0.255 e. The van der Waals surface area contributed by atoms with Crippen LogP contribution >= 0.6 is 0 Å². The van der Waals surface area contributed by atoms with Crippen LogP contribution in [0.3, 0.4) is 0 Å². The van der Waals surface area contributed by atoms with Crippen LogP contribution in [0.15, 0.2) is 66.9 Å². The van der Waals surface area contributed by atoms with Crippen LogP contribution in [0.5, 0.6) is 0 Å². The Bertz CT molecular complexity index is 1120. The third-order valence-electron chi connectivity index (χ3n) is 4.52. The average molecular weight is 356 g/mol. The number of carbonyl (C=O) groups is 1. The molecule has 0 aliphatic rings. The molecule has 1 N–H and O–H groups in total. The van der Waals surface area contributed by atoms with Gasteiger partial charge >= 0.3 is 0 Å². The molecule has 0 bridgehead atoms. The van der Waals surface area contributed by atoms with E-state index in [2.05, 4.69) is 15.4 Å². The third-order valence-corrected chi connectivity index (χ3v) is 4.52. The Morgan fingerprint density at radius 3 is 2.70 bits per heavy atom. The number of nitrogens with one attached hydrogen (secondary N) is 1. The summed E-state index contributed by atoms with van der Waals surface area (Å²) in [5.74, 6) is -0.137. The van der Waals surface area contributed by atoms with Crippen LogP contribution in [0.25, 0.3) is 10.9 Å². The lowest BCUT2D eigenvalue weighted by atomic mass is 10.1. The van der Waals surface area contributed by atoms with Crippen molar-refractivity contribution in [3.8, 4) is 0 Å². The van der Waals surface area contributed by atoms with E-state index in [1.165, 1.54) is 0 Å². The van der Waals surface area contributed by atoms with E-state index in [0.717, 1.165) is 33.5 Å². The first kappa shape index (κ1) is 17.0. The number of benzene rings is 2. The second kappa shape index (κ2) is 7.03. The first-order chi connectivity index (χ1) is 13.1. The Morgan fingerprint density at radius 2 is 1.89 bits per heavy atom. The summed E-state index contributed by atoms with van der Waals surface area (Å²) in [6.07, 6.45) is 1.75. The van der Waals surface area contributed by atoms with Crippen LogP contribution in [-0.2, 0) is 6.54 Å². The fourth-order valence-corrected chi connectivity index (χ4v) is 3.23. The number of hydrogen-bond acceptors (Lipinski definition) is 3. The van der Waals surface area contributed by atoms with Crippen molar-refractivity contribution in [2.24, 2.45) is 0 Å². The SMILES string of the molecule is Cc1cc(C)n(Cc2cccc(C(=O)Nc3cccc4ncccc34)c2)n1. The van der Waals surface area contributed by atoms with E-state index in [-0.39, 0.29) is 5.91 Å². The standard InChI is InChI=1S/C22H20N4O/c1-15-12-16(2)26(25-15)14-17-6-3-7-18(13-17)22(27)24-21-10-4-9-20-19(21)8-5-11-23-20/h3-13H,14H2,1-2H3,(H,24,27). The van der Waals surface area contributed by atoms with Crippen LogP contribution in [0.2, 0.25) is 0 Å². The molecule has 5 heteroatoms. The molecule has 0 unspecified atom stereocenters. The number of anilines is 1. The number of aryl methyl sites for hydroxylation is 2. The van der Waals surface area contributed by atoms with Crippen LogP contribution in [0, 0.1) is 13.8 Å². The minimum Gasteiger partial charge on any atom is -0.321 e. The Balaban J connectivity index is 1.58. The van der Waals surface area contributed by atoms with E-state index in [1.807, 2.05) is 79.2 Å². The highest BCUT2D eigenvalue weighted by molar-refractivity contribution is 6.08. The van der Waals surface area contributed by atoms with Gasteiger partial charge in [-0.3, -0.25) is 14.5 Å². The quantitative estimate of drug-likeness (QED) is 0.591. The van der Waals surface area contributed by atoms with E-state index >= 15 is 0 Å². The zero-order chi connectivity index (χ0) is 18.8. The predicted molar refractivity (Wildman–Crippen MR) is 107 cm³/mol. The van der Waals surface area contributed by atoms with E-state index < -0.39 is 0 Å². The molecule has 134 valence electrons. The van der Waals surface area contributed by atoms with Gasteiger partial charge in [-0.2, -0.15) is 5.10 Å². The van der Waals surface area contributed by atoms with Gasteiger partial charge < -0.3 is 5.32 Å². The van der Waals surface area contributed by atoms with Crippen molar-refractivity contribution in [1.29, 1.82) is 0 Å². The summed E-state index contributed by atoms with van der Waals surface area (Å²) in [5.41, 5.74) is 5.36. The predicted octanol–water partition coefficient (Wildman–Crippen LogP) is 4.35. The monoisotopic (exact) mass is 356 g/mol. The van der Waals surface area contributed by atoms with Crippen LogP contribution in [-0.4, -0.2) is 20.7 Å². The number of hydrogen-bond donors (Lipinski definition) is 1. The normalized spacial score (nSPS) is 10.9. The van der Waals surface area contributed by atoms with Crippen molar-refractivity contribution >= 4 is 22.5 Å². The summed E-state index contributed by atoms with van der Waals surface area (Å²) in [4.78, 5) is 17.1. The summed E-state index contributed by atoms with van der Waals surface area (Å²) in [7, 11) is 0. The van der Waals surface area contributed by atoms with Gasteiger partial charge in [-0.15, -0.1) is 0 Å². The lowest BCUT2D eigenvalue weighted by Gasteiger charge is -2.10. The highest BCUT2D eigenvalue weighted by Gasteiger charge is 2.10. The number of amides is 1. The van der Waals surface area contributed by atoms with Crippen molar-refractivity contribution in [2.45, 2.75) is 20.4 Å². The molecule has 0 saturated heterocycles. The minimum atomic E-state index is -0.137. The molecule has 1 amide bonds. The summed E-state index contributed by atoms with van der Waals surface area (Å²) in [6, 6.07) is 19.2. The third kappa shape index (κ3) is 3.58. The molecule has 0 spiro atoms. The fraction of sp³-hybridized carbons (Fsp3) is 0.136. The molecule has 2 heterocycles.